The van der Waals surface area contributed by atoms with Crippen LogP contribution in [0.25, 0.3) is 0 Å². The zero-order valence-corrected chi connectivity index (χ0v) is 8.39. The third-order valence-electron chi connectivity index (χ3n) is 0.429. The second-order valence-electron chi connectivity index (χ2n) is 1.55. The number of nitrogens with two attached hydrogens (primary N) is 2. The molecule has 0 amide bonds. The van der Waals surface area contributed by atoms with Crippen LogP contribution in [-0.4, -0.2) is 12.5 Å². The summed E-state index contributed by atoms with van der Waals surface area (Å²) in [7, 11) is 0. The van der Waals surface area contributed by atoms with Crippen molar-refractivity contribution in [1.82, 2.24) is 0 Å². The molecule has 0 rings (SSSR count). The van der Waals surface area contributed by atoms with Crippen LogP contribution in [0, 0.1) is 0 Å². The van der Waals surface area contributed by atoms with Gasteiger partial charge >= 0.3 is 0 Å². The van der Waals surface area contributed by atoms with Crippen molar-refractivity contribution in [3.63, 3.8) is 0 Å². The van der Waals surface area contributed by atoms with Gasteiger partial charge in [0.05, 0.1) is 0 Å². The Morgan fingerprint density at radius 3 is 1.10 bits per heavy atom. The predicted octanol–water partition coefficient (Wildman–Crippen LogP) is 0.878. The second kappa shape index (κ2) is 12.4. The van der Waals surface area contributed by atoms with E-state index in [1.807, 2.05) is 0 Å². The van der Waals surface area contributed by atoms with Gasteiger partial charge in [-0.1, -0.05) is 0 Å². The first kappa shape index (κ1) is 22.4. The van der Waals surface area contributed by atoms with Crippen molar-refractivity contribution in [2.45, 2.75) is 26.3 Å². The monoisotopic (exact) mass is 212 g/mol. The summed E-state index contributed by atoms with van der Waals surface area (Å²) in [5.74, 6) is 0. The van der Waals surface area contributed by atoms with Gasteiger partial charge in [0, 0.05) is 0 Å². The molecule has 0 spiro atoms. The molecule has 0 saturated carbocycles. The highest BCUT2D eigenvalue weighted by atomic mass is 35.5. The molecule has 68 valence electrons. The maximum Gasteiger partial charge on any atom is 0.104 e. The van der Waals surface area contributed by atoms with Gasteiger partial charge in [-0.2, -0.15) is 0 Å². The molecule has 2 unspecified atom stereocenters. The number of hydrogen-bond donors (Lipinski definition) is 2. The van der Waals surface area contributed by atoms with E-state index in [1.54, 1.807) is 13.8 Å². The molecular weight excluding hydrogens is 198 g/mol. The summed E-state index contributed by atoms with van der Waals surface area (Å²) in [4.78, 5) is 0. The van der Waals surface area contributed by atoms with Crippen LogP contribution in [0.3, 0.4) is 0 Å². The minimum Gasteiger partial charge on any atom is -0.346 e. The molecule has 0 bridgehead atoms. The van der Waals surface area contributed by atoms with Gasteiger partial charge in [0.1, 0.15) is 12.5 Å². The van der Waals surface area contributed by atoms with Crippen LogP contribution in [0.15, 0.2) is 0 Å². The molecule has 0 aromatic carbocycles. The van der Waals surface area contributed by atoms with Gasteiger partial charge in [-0.15, -0.1) is 37.2 Å². The second-order valence-corrected chi connectivity index (χ2v) is 1.55. The first-order valence-corrected chi connectivity index (χ1v) is 2.29. The highest BCUT2D eigenvalue weighted by Crippen LogP contribution is 1.81. The Bertz CT molecular complexity index is 47.8. The Balaban J connectivity index is -0.0000000600. The molecule has 0 aliphatic heterocycles. The zero-order chi connectivity index (χ0) is 5.86. The van der Waals surface area contributed by atoms with E-state index in [9.17, 15) is 0 Å². The number of hydrogen-bond acceptors (Lipinski definition) is 3. The fourth-order valence-electron chi connectivity index (χ4n) is 0.339. The number of rotatable bonds is 2. The lowest BCUT2D eigenvalue weighted by Gasteiger charge is -2.09. The lowest BCUT2D eigenvalue weighted by Crippen LogP contribution is -2.29. The Labute approximate surface area is 80.1 Å². The van der Waals surface area contributed by atoms with Gasteiger partial charge in [0.2, 0.25) is 0 Å². The standard InChI is InChI=1S/C4H12N2O.3ClH/c1-3(5)7-4(2)6;;;/h3-4H,5-6H2,1-2H3;3*1H. The van der Waals surface area contributed by atoms with Gasteiger partial charge in [-0.25, -0.2) is 0 Å². The highest BCUT2D eigenvalue weighted by Gasteiger charge is 1.94. The Morgan fingerprint density at radius 1 is 0.900 bits per heavy atom. The molecule has 0 aliphatic carbocycles. The first-order chi connectivity index (χ1) is 3.13. The minimum atomic E-state index is -0.250. The molecule has 0 aromatic heterocycles. The molecule has 0 fully saturated rings. The summed E-state index contributed by atoms with van der Waals surface area (Å²) < 4.78 is 4.81. The summed E-state index contributed by atoms with van der Waals surface area (Å²) in [5.41, 5.74) is 10.4. The van der Waals surface area contributed by atoms with Gasteiger partial charge in [-0.05, 0) is 13.8 Å². The highest BCUT2D eigenvalue weighted by molar-refractivity contribution is 5.86. The van der Waals surface area contributed by atoms with E-state index in [-0.39, 0.29) is 49.7 Å². The molecule has 6 heteroatoms. The molecule has 0 aliphatic rings. The third-order valence-corrected chi connectivity index (χ3v) is 0.429. The molecule has 0 heterocycles. The van der Waals surface area contributed by atoms with E-state index in [2.05, 4.69) is 0 Å². The third kappa shape index (κ3) is 23.3. The average Bonchev–Trinajstić information content (AvgIpc) is 1.27. The van der Waals surface area contributed by atoms with Crippen molar-refractivity contribution in [2.24, 2.45) is 11.5 Å². The van der Waals surface area contributed by atoms with Crippen LogP contribution < -0.4 is 11.5 Å². The maximum atomic E-state index is 5.19. The lowest BCUT2D eigenvalue weighted by molar-refractivity contribution is 0.0161. The van der Waals surface area contributed by atoms with E-state index < -0.39 is 0 Å². The Hall–Kier alpha value is 0.750. The molecule has 3 nitrogen and oxygen atoms in total. The van der Waals surface area contributed by atoms with Crippen molar-refractivity contribution >= 4 is 37.2 Å². The van der Waals surface area contributed by atoms with Gasteiger partial charge in [0.25, 0.3) is 0 Å². The van der Waals surface area contributed by atoms with Crippen molar-refractivity contribution in [2.75, 3.05) is 0 Å². The maximum absolute atomic E-state index is 5.19. The minimum absolute atomic E-state index is 0. The Morgan fingerprint density at radius 2 is 1.10 bits per heavy atom. The summed E-state index contributed by atoms with van der Waals surface area (Å²) in [6.45, 7) is 3.48. The van der Waals surface area contributed by atoms with E-state index in [1.165, 1.54) is 0 Å². The molecule has 2 atom stereocenters. The molecule has 10 heavy (non-hydrogen) atoms. The fraction of sp³-hybridized carbons (Fsp3) is 1.00. The topological polar surface area (TPSA) is 61.3 Å². The molecule has 0 aromatic rings. The normalized spacial score (nSPS) is 13.2. The van der Waals surface area contributed by atoms with Crippen LogP contribution >= 0.6 is 37.2 Å². The number of halogens is 3. The van der Waals surface area contributed by atoms with Crippen molar-refractivity contribution in [3.8, 4) is 0 Å². The summed E-state index contributed by atoms with van der Waals surface area (Å²) in [5, 5.41) is 0. The zero-order valence-electron chi connectivity index (χ0n) is 5.94. The van der Waals surface area contributed by atoms with Crippen molar-refractivity contribution in [3.05, 3.63) is 0 Å². The van der Waals surface area contributed by atoms with Gasteiger partial charge < -0.3 is 16.2 Å². The van der Waals surface area contributed by atoms with Crippen LogP contribution in [-0.2, 0) is 4.74 Å². The lowest BCUT2D eigenvalue weighted by atomic mass is 10.6. The fourth-order valence-corrected chi connectivity index (χ4v) is 0.339. The van der Waals surface area contributed by atoms with Crippen LogP contribution in [0.5, 0.6) is 0 Å². The molecule has 4 N–H and O–H groups in total. The summed E-state index contributed by atoms with van der Waals surface area (Å²) in [6, 6.07) is 0. The number of ether oxygens (including phenoxy) is 1. The molecule has 0 radical (unpaired) electrons. The van der Waals surface area contributed by atoms with Gasteiger partial charge in [-0.3, -0.25) is 0 Å². The Kier molecular flexibility index (Phi) is 27.9. The summed E-state index contributed by atoms with van der Waals surface area (Å²) in [6.07, 6.45) is -0.500. The van der Waals surface area contributed by atoms with E-state index >= 15 is 0 Å². The van der Waals surface area contributed by atoms with E-state index in [0.717, 1.165) is 0 Å². The van der Waals surface area contributed by atoms with Gasteiger partial charge in [0.15, 0.2) is 0 Å². The molecular formula is C4H15Cl3N2O. The van der Waals surface area contributed by atoms with Crippen molar-refractivity contribution in [1.29, 1.82) is 0 Å². The average molecular weight is 214 g/mol. The quantitative estimate of drug-likeness (QED) is 0.670. The van der Waals surface area contributed by atoms with Crippen LogP contribution in [0.2, 0.25) is 0 Å². The predicted molar refractivity (Wildman–Crippen MR) is 50.1 cm³/mol. The largest absolute Gasteiger partial charge is 0.346 e. The molecule has 0 saturated heterocycles. The van der Waals surface area contributed by atoms with Crippen LogP contribution in [0.4, 0.5) is 0 Å². The SMILES string of the molecule is CC(N)OC(C)N.Cl.Cl.Cl. The van der Waals surface area contributed by atoms with E-state index in [4.69, 9.17) is 16.2 Å². The first-order valence-electron chi connectivity index (χ1n) is 2.29. The summed E-state index contributed by atoms with van der Waals surface area (Å²) >= 11 is 0. The van der Waals surface area contributed by atoms with E-state index in [0.29, 0.717) is 0 Å². The smallest absolute Gasteiger partial charge is 0.104 e. The van der Waals surface area contributed by atoms with Crippen LogP contribution in [0.1, 0.15) is 13.8 Å². The van der Waals surface area contributed by atoms with Crippen molar-refractivity contribution < 1.29 is 4.74 Å².